The molecule has 0 bridgehead atoms. The quantitative estimate of drug-likeness (QED) is 0.704. The molecule has 1 amide bonds. The fourth-order valence-electron chi connectivity index (χ4n) is 3.53. The average molecular weight is 471 g/mol. The van der Waals surface area contributed by atoms with Crippen LogP contribution in [-0.4, -0.2) is 51.4 Å². The zero-order chi connectivity index (χ0) is 22.1. The second-order valence-electron chi connectivity index (χ2n) is 7.70. The van der Waals surface area contributed by atoms with E-state index in [1.807, 2.05) is 26.0 Å². The zero-order valence-electron chi connectivity index (χ0n) is 17.3. The second kappa shape index (κ2) is 9.24. The highest BCUT2D eigenvalue weighted by atomic mass is 35.5. The Hall–Kier alpha value is -1.64. The molecule has 0 saturated carbocycles. The Morgan fingerprint density at radius 3 is 2.37 bits per heavy atom. The largest absolute Gasteiger partial charge is 0.325 e. The standard InChI is InChI=1S/C21H25Cl2N3O3S/c1-14-4-5-15(2)18(12-14)30(28,29)26-10-8-25(9-11-26)13-19(27)24-21-17(22)7-6-16(3)20(21)23/h4-7,12H,8-11,13H2,1-3H3,(H,24,27)/p+1. The van der Waals surface area contributed by atoms with Gasteiger partial charge in [-0.1, -0.05) is 41.4 Å². The normalized spacial score (nSPS) is 15.9. The summed E-state index contributed by atoms with van der Waals surface area (Å²) in [5, 5.41) is 3.61. The van der Waals surface area contributed by atoms with Gasteiger partial charge in [-0.15, -0.1) is 0 Å². The van der Waals surface area contributed by atoms with Gasteiger partial charge in [-0.25, -0.2) is 8.42 Å². The molecule has 2 aromatic carbocycles. The summed E-state index contributed by atoms with van der Waals surface area (Å²) in [6, 6.07) is 8.94. The van der Waals surface area contributed by atoms with E-state index in [2.05, 4.69) is 5.32 Å². The highest BCUT2D eigenvalue weighted by molar-refractivity contribution is 7.89. The molecule has 1 fully saturated rings. The van der Waals surface area contributed by atoms with E-state index in [9.17, 15) is 13.2 Å². The van der Waals surface area contributed by atoms with Crippen LogP contribution in [0, 0.1) is 20.8 Å². The van der Waals surface area contributed by atoms with E-state index < -0.39 is 10.0 Å². The van der Waals surface area contributed by atoms with E-state index >= 15 is 0 Å². The predicted octanol–water partition coefficient (Wildman–Crippen LogP) is 2.45. The molecule has 2 aromatic rings. The van der Waals surface area contributed by atoms with E-state index in [0.29, 0.717) is 46.8 Å². The smallest absolute Gasteiger partial charge is 0.279 e. The van der Waals surface area contributed by atoms with E-state index in [1.54, 1.807) is 25.1 Å². The lowest BCUT2D eigenvalue weighted by molar-refractivity contribution is -0.895. The van der Waals surface area contributed by atoms with Crippen LogP contribution in [0.15, 0.2) is 35.2 Å². The van der Waals surface area contributed by atoms with Crippen LogP contribution in [0.5, 0.6) is 0 Å². The van der Waals surface area contributed by atoms with Crippen LogP contribution in [0.1, 0.15) is 16.7 Å². The van der Waals surface area contributed by atoms with Crippen molar-refractivity contribution in [1.82, 2.24) is 4.31 Å². The van der Waals surface area contributed by atoms with Crippen LogP contribution in [0.2, 0.25) is 10.0 Å². The molecule has 0 aromatic heterocycles. The van der Waals surface area contributed by atoms with Crippen LogP contribution in [-0.2, 0) is 14.8 Å². The number of piperazine rings is 1. The number of carbonyl (C=O) groups is 1. The van der Waals surface area contributed by atoms with Gasteiger partial charge in [0.25, 0.3) is 5.91 Å². The van der Waals surface area contributed by atoms with Gasteiger partial charge in [0.05, 0.1) is 46.8 Å². The Kier molecular flexibility index (Phi) is 7.09. The predicted molar refractivity (Wildman–Crippen MR) is 120 cm³/mol. The number of rotatable bonds is 5. The molecule has 6 nitrogen and oxygen atoms in total. The summed E-state index contributed by atoms with van der Waals surface area (Å²) in [6.45, 7) is 7.58. The molecule has 1 saturated heterocycles. The molecular weight excluding hydrogens is 445 g/mol. The summed E-state index contributed by atoms with van der Waals surface area (Å²) in [6.07, 6.45) is 0. The van der Waals surface area contributed by atoms with Crippen molar-refractivity contribution < 1.29 is 18.1 Å². The number of hydrogen-bond donors (Lipinski definition) is 2. The molecule has 1 aliphatic heterocycles. The first-order valence-corrected chi connectivity index (χ1v) is 11.9. The molecule has 3 rings (SSSR count). The second-order valence-corrected chi connectivity index (χ2v) is 10.4. The number of carbonyl (C=O) groups excluding carboxylic acids is 1. The Labute approximate surface area is 187 Å². The van der Waals surface area contributed by atoms with Crippen molar-refractivity contribution in [2.24, 2.45) is 0 Å². The maximum atomic E-state index is 13.0. The van der Waals surface area contributed by atoms with Gasteiger partial charge in [-0.05, 0) is 49.6 Å². The first-order chi connectivity index (χ1) is 14.1. The molecule has 0 aliphatic carbocycles. The molecule has 9 heteroatoms. The SMILES string of the molecule is Cc1ccc(C)c(S(=O)(=O)N2CC[NH+](CC(=O)Nc3c(Cl)ccc(C)c3Cl)CC2)c1. The third-order valence-electron chi connectivity index (χ3n) is 5.35. The van der Waals surface area contributed by atoms with Crippen molar-refractivity contribution in [2.45, 2.75) is 25.7 Å². The van der Waals surface area contributed by atoms with E-state index in [4.69, 9.17) is 23.2 Å². The van der Waals surface area contributed by atoms with Gasteiger partial charge in [0.2, 0.25) is 10.0 Å². The number of benzene rings is 2. The number of anilines is 1. The molecule has 0 spiro atoms. The van der Waals surface area contributed by atoms with Crippen LogP contribution >= 0.6 is 23.2 Å². The topological polar surface area (TPSA) is 70.9 Å². The maximum absolute atomic E-state index is 13.0. The molecule has 0 radical (unpaired) electrons. The summed E-state index contributed by atoms with van der Waals surface area (Å²) in [4.78, 5) is 13.9. The van der Waals surface area contributed by atoms with Gasteiger partial charge in [0, 0.05) is 0 Å². The lowest BCUT2D eigenvalue weighted by Crippen LogP contribution is -3.15. The van der Waals surface area contributed by atoms with Gasteiger partial charge >= 0.3 is 0 Å². The number of quaternary nitrogens is 1. The Morgan fingerprint density at radius 2 is 1.70 bits per heavy atom. The van der Waals surface area contributed by atoms with Crippen molar-refractivity contribution in [3.05, 3.63) is 57.1 Å². The summed E-state index contributed by atoms with van der Waals surface area (Å²) in [5.41, 5.74) is 2.89. The number of aryl methyl sites for hydroxylation is 3. The molecule has 162 valence electrons. The van der Waals surface area contributed by atoms with Crippen LogP contribution < -0.4 is 10.2 Å². The minimum atomic E-state index is -3.55. The highest BCUT2D eigenvalue weighted by Gasteiger charge is 2.32. The number of amides is 1. The molecule has 30 heavy (non-hydrogen) atoms. The molecule has 1 heterocycles. The fourth-order valence-corrected chi connectivity index (χ4v) is 5.74. The molecule has 2 N–H and O–H groups in total. The average Bonchev–Trinajstić information content (AvgIpc) is 2.70. The lowest BCUT2D eigenvalue weighted by atomic mass is 10.2. The first kappa shape index (κ1) is 23.0. The van der Waals surface area contributed by atoms with E-state index in [-0.39, 0.29) is 12.5 Å². The third-order valence-corrected chi connectivity index (χ3v) is 8.19. The lowest BCUT2D eigenvalue weighted by Gasteiger charge is -2.31. The number of sulfonamides is 1. The summed E-state index contributed by atoms with van der Waals surface area (Å²) in [7, 11) is -3.55. The molecule has 0 atom stereocenters. The van der Waals surface area contributed by atoms with E-state index in [0.717, 1.165) is 21.6 Å². The number of nitrogens with one attached hydrogen (secondary N) is 2. The van der Waals surface area contributed by atoms with Crippen molar-refractivity contribution >= 4 is 44.8 Å². The molecule has 1 aliphatic rings. The number of nitrogens with zero attached hydrogens (tertiary/aromatic N) is 1. The van der Waals surface area contributed by atoms with Crippen molar-refractivity contribution in [2.75, 3.05) is 38.0 Å². The van der Waals surface area contributed by atoms with Crippen molar-refractivity contribution in [1.29, 1.82) is 0 Å². The van der Waals surface area contributed by atoms with Crippen molar-refractivity contribution in [3.8, 4) is 0 Å². The minimum absolute atomic E-state index is 0.203. The van der Waals surface area contributed by atoms with Gasteiger partial charge < -0.3 is 10.2 Å². The fraction of sp³-hybridized carbons (Fsp3) is 0.381. The highest BCUT2D eigenvalue weighted by Crippen LogP contribution is 2.32. The minimum Gasteiger partial charge on any atom is -0.325 e. The van der Waals surface area contributed by atoms with Gasteiger partial charge in [0.15, 0.2) is 6.54 Å². The Morgan fingerprint density at radius 1 is 1.07 bits per heavy atom. The Bertz CT molecular complexity index is 1070. The zero-order valence-corrected chi connectivity index (χ0v) is 19.6. The van der Waals surface area contributed by atoms with Gasteiger partial charge in [0.1, 0.15) is 0 Å². The summed E-state index contributed by atoms with van der Waals surface area (Å²) in [5.74, 6) is -0.203. The van der Waals surface area contributed by atoms with Gasteiger partial charge in [-0.3, -0.25) is 4.79 Å². The summed E-state index contributed by atoms with van der Waals surface area (Å²) < 4.78 is 27.6. The van der Waals surface area contributed by atoms with Crippen LogP contribution in [0.3, 0.4) is 0 Å². The van der Waals surface area contributed by atoms with Crippen LogP contribution in [0.25, 0.3) is 0 Å². The Balaban J connectivity index is 1.61. The maximum Gasteiger partial charge on any atom is 0.279 e. The number of hydrogen-bond acceptors (Lipinski definition) is 3. The van der Waals surface area contributed by atoms with Crippen molar-refractivity contribution in [3.63, 3.8) is 0 Å². The summed E-state index contributed by atoms with van der Waals surface area (Å²) >= 11 is 12.4. The number of halogens is 2. The van der Waals surface area contributed by atoms with E-state index in [1.165, 1.54) is 4.31 Å². The molecule has 0 unspecified atom stereocenters. The molecular formula is C21H26Cl2N3O3S+. The monoisotopic (exact) mass is 470 g/mol. The third kappa shape index (κ3) is 4.98. The van der Waals surface area contributed by atoms with Crippen LogP contribution in [0.4, 0.5) is 5.69 Å². The first-order valence-electron chi connectivity index (χ1n) is 9.75. The van der Waals surface area contributed by atoms with Gasteiger partial charge in [-0.2, -0.15) is 4.31 Å².